The van der Waals surface area contributed by atoms with Gasteiger partial charge in [-0.25, -0.2) is 13.6 Å². The zero-order valence-electron chi connectivity index (χ0n) is 16.5. The van der Waals surface area contributed by atoms with Gasteiger partial charge in [0.2, 0.25) is 16.0 Å². The minimum absolute atomic E-state index is 0.00793. The largest absolute Gasteiger partial charge is 0.346 e. The minimum Gasteiger partial charge on any atom is -0.346 e. The highest BCUT2D eigenvalue weighted by atomic mass is 32.2. The van der Waals surface area contributed by atoms with Gasteiger partial charge >= 0.3 is 0 Å². The van der Waals surface area contributed by atoms with Gasteiger partial charge in [0.05, 0.1) is 21.8 Å². The first kappa shape index (κ1) is 20.3. The molecule has 10 nitrogen and oxygen atoms in total. The Kier molecular flexibility index (Phi) is 5.28. The fourth-order valence-corrected chi connectivity index (χ4v) is 3.44. The van der Waals surface area contributed by atoms with Crippen LogP contribution in [0.3, 0.4) is 0 Å². The number of allylic oxidation sites excluding steroid dienone is 2. The number of aromatic nitrogens is 5. The fraction of sp³-hybridized carbons (Fsp3) is 0.0500. The van der Waals surface area contributed by atoms with Gasteiger partial charge < -0.3 is 15.6 Å². The van der Waals surface area contributed by atoms with Gasteiger partial charge in [-0.05, 0) is 43.3 Å². The summed E-state index contributed by atoms with van der Waals surface area (Å²) in [7, 11) is -3.81. The highest BCUT2D eigenvalue weighted by Gasteiger charge is 2.12. The summed E-state index contributed by atoms with van der Waals surface area (Å²) in [5.74, 6) is 0.871. The number of fused-ring (bicyclic) bond motifs is 1. The van der Waals surface area contributed by atoms with Gasteiger partial charge in [-0.2, -0.15) is 15.1 Å². The van der Waals surface area contributed by atoms with Crippen molar-refractivity contribution in [1.82, 2.24) is 25.1 Å². The fourth-order valence-electron chi connectivity index (χ4n) is 2.88. The predicted molar refractivity (Wildman–Crippen MR) is 120 cm³/mol. The topological polar surface area (TPSA) is 154 Å². The third kappa shape index (κ3) is 4.63. The lowest BCUT2D eigenvalue weighted by molar-refractivity contribution is 0.598. The van der Waals surface area contributed by atoms with Crippen molar-refractivity contribution in [2.24, 2.45) is 5.14 Å². The van der Waals surface area contributed by atoms with Crippen LogP contribution in [0.4, 0.5) is 17.5 Å². The molecule has 0 aliphatic heterocycles. The maximum atomic E-state index is 11.6. The Balaban J connectivity index is 1.66. The van der Waals surface area contributed by atoms with E-state index in [-0.39, 0.29) is 4.90 Å². The molecule has 6 N–H and O–H groups in total. The number of sulfonamides is 1. The summed E-state index contributed by atoms with van der Waals surface area (Å²) in [6, 6.07) is 8.04. The molecular formula is C20H20N8O2S. The second kappa shape index (κ2) is 8.05. The van der Waals surface area contributed by atoms with Crippen LogP contribution in [0.1, 0.15) is 6.92 Å². The number of rotatable bonds is 6. The molecule has 158 valence electrons. The molecule has 0 saturated heterocycles. The molecule has 3 aromatic heterocycles. The summed E-state index contributed by atoms with van der Waals surface area (Å²) >= 11 is 0. The number of nitrogens with one attached hydrogen (secondary N) is 4. The molecular weight excluding hydrogens is 416 g/mol. The second-order valence-electron chi connectivity index (χ2n) is 6.78. The average molecular weight is 437 g/mol. The van der Waals surface area contributed by atoms with Gasteiger partial charge in [-0.15, -0.1) is 0 Å². The summed E-state index contributed by atoms with van der Waals surface area (Å²) < 4.78 is 23.3. The van der Waals surface area contributed by atoms with Crippen molar-refractivity contribution in [2.75, 3.05) is 10.6 Å². The Morgan fingerprint density at radius 3 is 2.84 bits per heavy atom. The molecule has 3 heterocycles. The highest BCUT2D eigenvalue weighted by molar-refractivity contribution is 7.89. The highest BCUT2D eigenvalue weighted by Crippen LogP contribution is 2.26. The molecule has 0 unspecified atom stereocenters. The number of aromatic amines is 2. The number of primary sulfonamides is 1. The Morgan fingerprint density at radius 2 is 2.10 bits per heavy atom. The van der Waals surface area contributed by atoms with Crippen LogP contribution in [-0.4, -0.2) is 33.6 Å². The molecule has 0 atom stereocenters. The quantitative estimate of drug-likeness (QED) is 0.305. The van der Waals surface area contributed by atoms with Gasteiger partial charge in [0, 0.05) is 22.8 Å². The Bertz CT molecular complexity index is 1500. The lowest BCUT2D eigenvalue weighted by Crippen LogP contribution is -2.19. The van der Waals surface area contributed by atoms with E-state index in [0.717, 1.165) is 21.7 Å². The van der Waals surface area contributed by atoms with Crippen molar-refractivity contribution in [3.8, 4) is 0 Å². The summed E-state index contributed by atoms with van der Waals surface area (Å²) in [5.41, 5.74) is 1.95. The number of hydrogen-bond donors (Lipinski definition) is 5. The standard InChI is InChI=1S/C20H20N8O2S/c1-12(6-7-14-11-23-28-13(14)2)24-20-26-18-17(8-9-22-18)19(27-20)25-15-4-3-5-16(10-15)31(21,29)30/h3-11,28H,2H2,1H3,(H2,21,29,30)(H3,22,24,25,26,27)/b12-6+,14-7-. The molecule has 31 heavy (non-hydrogen) atoms. The van der Waals surface area contributed by atoms with E-state index in [0.29, 0.717) is 23.1 Å². The van der Waals surface area contributed by atoms with Gasteiger partial charge in [0.1, 0.15) is 11.5 Å². The molecule has 0 amide bonds. The zero-order valence-corrected chi connectivity index (χ0v) is 17.4. The van der Waals surface area contributed by atoms with Crippen molar-refractivity contribution >= 4 is 51.2 Å². The zero-order chi connectivity index (χ0) is 22.0. The number of benzene rings is 1. The van der Waals surface area contributed by atoms with Crippen LogP contribution in [0.15, 0.2) is 59.4 Å². The van der Waals surface area contributed by atoms with Gasteiger partial charge in [-0.3, -0.25) is 5.10 Å². The van der Waals surface area contributed by atoms with E-state index in [9.17, 15) is 8.42 Å². The predicted octanol–water partition coefficient (Wildman–Crippen LogP) is 1.28. The van der Waals surface area contributed by atoms with E-state index in [1.54, 1.807) is 24.5 Å². The van der Waals surface area contributed by atoms with Gasteiger partial charge in [-0.1, -0.05) is 12.6 Å². The molecule has 4 rings (SSSR count). The van der Waals surface area contributed by atoms with Gasteiger partial charge in [0.15, 0.2) is 0 Å². The van der Waals surface area contributed by atoms with E-state index in [1.807, 2.05) is 25.1 Å². The average Bonchev–Trinajstić information content (AvgIpc) is 3.35. The van der Waals surface area contributed by atoms with Gasteiger partial charge in [0.25, 0.3) is 0 Å². The lowest BCUT2D eigenvalue weighted by Gasteiger charge is -2.11. The van der Waals surface area contributed by atoms with E-state index < -0.39 is 10.0 Å². The van der Waals surface area contributed by atoms with Crippen LogP contribution in [0, 0.1) is 0 Å². The number of H-pyrrole nitrogens is 2. The maximum Gasteiger partial charge on any atom is 0.238 e. The minimum atomic E-state index is -3.81. The molecule has 0 radical (unpaired) electrons. The molecule has 0 bridgehead atoms. The Hall–Kier alpha value is -3.96. The van der Waals surface area contributed by atoms with Crippen LogP contribution in [0.2, 0.25) is 0 Å². The van der Waals surface area contributed by atoms with E-state index >= 15 is 0 Å². The molecule has 11 heteroatoms. The summed E-state index contributed by atoms with van der Waals surface area (Å²) in [6.45, 7) is 5.74. The monoisotopic (exact) mass is 436 g/mol. The Labute approximate surface area is 177 Å². The van der Waals surface area contributed by atoms with Crippen molar-refractivity contribution < 1.29 is 8.42 Å². The Morgan fingerprint density at radius 1 is 1.26 bits per heavy atom. The van der Waals surface area contributed by atoms with Crippen LogP contribution in [0.25, 0.3) is 23.7 Å². The SMILES string of the molecule is C=c1[nH]nc/c1=C/C=C(\C)Nc1nc(Nc2cccc(S(N)(=O)=O)c2)c2cc[nH]c2n1. The van der Waals surface area contributed by atoms with Crippen molar-refractivity contribution in [3.05, 3.63) is 65.1 Å². The maximum absolute atomic E-state index is 11.6. The van der Waals surface area contributed by atoms with E-state index in [1.165, 1.54) is 12.1 Å². The smallest absolute Gasteiger partial charge is 0.238 e. The number of anilines is 3. The first-order chi connectivity index (χ1) is 14.8. The number of hydrogen-bond acceptors (Lipinski definition) is 7. The normalized spacial score (nSPS) is 13.0. The van der Waals surface area contributed by atoms with E-state index in [2.05, 4.69) is 42.4 Å². The summed E-state index contributed by atoms with van der Waals surface area (Å²) in [4.78, 5) is 12.1. The third-order valence-electron chi connectivity index (χ3n) is 4.41. The molecule has 0 aliphatic rings. The molecule has 1 aromatic carbocycles. The van der Waals surface area contributed by atoms with E-state index in [4.69, 9.17) is 5.14 Å². The van der Waals surface area contributed by atoms with Crippen LogP contribution >= 0.6 is 0 Å². The molecule has 0 saturated carbocycles. The first-order valence-electron chi connectivity index (χ1n) is 9.18. The third-order valence-corrected chi connectivity index (χ3v) is 5.33. The van der Waals surface area contributed by atoms with Crippen LogP contribution < -0.4 is 26.3 Å². The van der Waals surface area contributed by atoms with Crippen LogP contribution in [-0.2, 0) is 10.0 Å². The summed E-state index contributed by atoms with van der Waals surface area (Å²) in [5, 5.41) is 20.6. The van der Waals surface area contributed by atoms with Crippen molar-refractivity contribution in [3.63, 3.8) is 0 Å². The van der Waals surface area contributed by atoms with Crippen molar-refractivity contribution in [2.45, 2.75) is 11.8 Å². The first-order valence-corrected chi connectivity index (χ1v) is 10.7. The van der Waals surface area contributed by atoms with Crippen LogP contribution in [0.5, 0.6) is 0 Å². The lowest BCUT2D eigenvalue weighted by atomic mass is 10.3. The number of nitrogens with zero attached hydrogens (tertiary/aromatic N) is 3. The number of nitrogens with two attached hydrogens (primary N) is 1. The molecule has 0 spiro atoms. The second-order valence-corrected chi connectivity index (χ2v) is 8.34. The van der Waals surface area contributed by atoms with Crippen molar-refractivity contribution in [1.29, 1.82) is 0 Å². The molecule has 4 aromatic rings. The molecule has 0 fully saturated rings. The summed E-state index contributed by atoms with van der Waals surface area (Å²) in [6.07, 6.45) is 7.18. The molecule has 0 aliphatic carbocycles.